The van der Waals surface area contributed by atoms with Crippen LogP contribution in [0.15, 0.2) is 18.2 Å². The highest BCUT2D eigenvalue weighted by molar-refractivity contribution is 8.93. The first-order valence-electron chi connectivity index (χ1n) is 3.58. The third kappa shape index (κ3) is 3.79. The van der Waals surface area contributed by atoms with E-state index in [1.54, 1.807) is 0 Å². The number of carbonyl (C=O) groups is 1. The van der Waals surface area contributed by atoms with Crippen LogP contribution in [0.1, 0.15) is 16.2 Å². The molecule has 1 aromatic heterocycles. The van der Waals surface area contributed by atoms with Crippen molar-refractivity contribution in [3.63, 3.8) is 0 Å². The van der Waals surface area contributed by atoms with Gasteiger partial charge in [-0.25, -0.2) is 4.98 Å². The number of aromatic nitrogens is 1. The number of rotatable bonds is 2. The van der Waals surface area contributed by atoms with Crippen LogP contribution in [0, 0.1) is 0 Å². The van der Waals surface area contributed by atoms with Gasteiger partial charge in [-0.2, -0.15) is 13.2 Å². The van der Waals surface area contributed by atoms with E-state index in [0.29, 0.717) is 0 Å². The van der Waals surface area contributed by atoms with Gasteiger partial charge in [0.05, 0.1) is 5.88 Å². The lowest BCUT2D eigenvalue weighted by Crippen LogP contribution is -2.12. The minimum atomic E-state index is -4.54. The molecule has 0 amide bonds. The second kappa shape index (κ2) is 5.46. The van der Waals surface area contributed by atoms with Crippen LogP contribution in [-0.2, 0) is 6.18 Å². The molecule has 0 fully saturated rings. The maximum atomic E-state index is 12.1. The quantitative estimate of drug-likeness (QED) is 0.621. The first kappa shape index (κ1) is 14.4. The van der Waals surface area contributed by atoms with Crippen molar-refractivity contribution in [3.8, 4) is 0 Å². The van der Waals surface area contributed by atoms with Crippen LogP contribution in [0.4, 0.5) is 13.2 Å². The van der Waals surface area contributed by atoms with Crippen LogP contribution in [-0.4, -0.2) is 16.6 Å². The lowest BCUT2D eigenvalue weighted by molar-refractivity contribution is -0.141. The van der Waals surface area contributed by atoms with Gasteiger partial charge in [0, 0.05) is 0 Å². The summed E-state index contributed by atoms with van der Waals surface area (Å²) in [4.78, 5) is 14.1. The summed E-state index contributed by atoms with van der Waals surface area (Å²) < 4.78 is 36.4. The van der Waals surface area contributed by atoms with E-state index in [1.807, 2.05) is 0 Å². The molecule has 0 saturated heterocycles. The van der Waals surface area contributed by atoms with E-state index in [1.165, 1.54) is 6.07 Å². The average Bonchev–Trinajstić information content (AvgIpc) is 2.15. The number of alkyl halides is 4. The van der Waals surface area contributed by atoms with Crippen LogP contribution in [0.25, 0.3) is 0 Å². The van der Waals surface area contributed by atoms with Gasteiger partial charge >= 0.3 is 6.18 Å². The monoisotopic (exact) mass is 303 g/mol. The highest BCUT2D eigenvalue weighted by Gasteiger charge is 2.32. The minimum Gasteiger partial charge on any atom is -0.291 e. The molecule has 2 nitrogen and oxygen atoms in total. The Hall–Kier alpha value is -0.620. The molecule has 15 heavy (non-hydrogen) atoms. The molecule has 0 spiro atoms. The molecule has 0 radical (unpaired) electrons. The molecule has 0 atom stereocenters. The van der Waals surface area contributed by atoms with Crippen LogP contribution in [0.2, 0.25) is 0 Å². The summed E-state index contributed by atoms with van der Waals surface area (Å²) in [7, 11) is 0. The third-order valence-corrected chi connectivity index (χ3v) is 1.69. The number of carbonyl (C=O) groups excluding carboxylic acids is 1. The Morgan fingerprint density at radius 1 is 1.40 bits per heavy atom. The van der Waals surface area contributed by atoms with Gasteiger partial charge in [-0.15, -0.1) is 28.6 Å². The van der Waals surface area contributed by atoms with Crippen molar-refractivity contribution in [1.82, 2.24) is 4.98 Å². The van der Waals surface area contributed by atoms with Crippen LogP contribution < -0.4 is 0 Å². The molecule has 84 valence electrons. The molecule has 0 aliphatic rings. The molecule has 0 aliphatic heterocycles. The van der Waals surface area contributed by atoms with E-state index in [0.717, 1.165) is 12.1 Å². The maximum Gasteiger partial charge on any atom is 0.433 e. The van der Waals surface area contributed by atoms with Crippen LogP contribution in [0.5, 0.6) is 0 Å². The molecule has 0 unspecified atom stereocenters. The van der Waals surface area contributed by atoms with E-state index < -0.39 is 17.7 Å². The van der Waals surface area contributed by atoms with E-state index in [4.69, 9.17) is 11.6 Å². The summed E-state index contributed by atoms with van der Waals surface area (Å²) in [5.41, 5.74) is -1.36. The van der Waals surface area contributed by atoms with Gasteiger partial charge in [0.15, 0.2) is 5.78 Å². The van der Waals surface area contributed by atoms with Crippen molar-refractivity contribution < 1.29 is 18.0 Å². The summed E-state index contributed by atoms with van der Waals surface area (Å²) in [6.45, 7) is 0. The van der Waals surface area contributed by atoms with Gasteiger partial charge in [-0.3, -0.25) is 4.79 Å². The molecule has 1 heterocycles. The van der Waals surface area contributed by atoms with Gasteiger partial charge in [0.2, 0.25) is 0 Å². The Morgan fingerprint density at radius 3 is 2.47 bits per heavy atom. The lowest BCUT2D eigenvalue weighted by Gasteiger charge is -2.05. The zero-order valence-corrected chi connectivity index (χ0v) is 9.68. The molecular formula is C8H6BrClF3NO. The van der Waals surface area contributed by atoms with Crippen molar-refractivity contribution in [2.24, 2.45) is 0 Å². The van der Waals surface area contributed by atoms with Crippen molar-refractivity contribution in [2.75, 3.05) is 5.88 Å². The number of hydrogen-bond donors (Lipinski definition) is 0. The number of ketones is 1. The predicted octanol–water partition coefficient (Wildman–Crippen LogP) is 3.10. The first-order chi connectivity index (χ1) is 6.45. The largest absolute Gasteiger partial charge is 0.433 e. The minimum absolute atomic E-state index is 0. The fourth-order valence-electron chi connectivity index (χ4n) is 0.816. The predicted molar refractivity (Wildman–Crippen MR) is 54.6 cm³/mol. The van der Waals surface area contributed by atoms with Gasteiger partial charge in [-0.1, -0.05) is 6.07 Å². The highest BCUT2D eigenvalue weighted by atomic mass is 79.9. The topological polar surface area (TPSA) is 30.0 Å². The summed E-state index contributed by atoms with van der Waals surface area (Å²) in [5.74, 6) is -1.01. The van der Waals surface area contributed by atoms with Crippen molar-refractivity contribution in [3.05, 3.63) is 29.6 Å². The Kier molecular flexibility index (Phi) is 5.23. The van der Waals surface area contributed by atoms with E-state index >= 15 is 0 Å². The van der Waals surface area contributed by atoms with Crippen molar-refractivity contribution in [2.45, 2.75) is 6.18 Å². The molecule has 1 aromatic rings. The number of hydrogen-bond acceptors (Lipinski definition) is 2. The van der Waals surface area contributed by atoms with Crippen molar-refractivity contribution >= 4 is 34.4 Å². The smallest absolute Gasteiger partial charge is 0.291 e. The van der Waals surface area contributed by atoms with Crippen molar-refractivity contribution in [1.29, 1.82) is 0 Å². The molecular weight excluding hydrogens is 298 g/mol. The van der Waals surface area contributed by atoms with Gasteiger partial charge in [0.25, 0.3) is 0 Å². The number of Topliss-reactive ketones (excluding diaryl/α,β-unsaturated/α-hetero) is 1. The zero-order valence-electron chi connectivity index (χ0n) is 7.21. The van der Waals surface area contributed by atoms with Gasteiger partial charge < -0.3 is 0 Å². The molecule has 0 saturated carbocycles. The fourth-order valence-corrected chi connectivity index (χ4v) is 0.953. The van der Waals surface area contributed by atoms with E-state index in [2.05, 4.69) is 4.98 Å². The second-order valence-corrected chi connectivity index (χ2v) is 2.73. The van der Waals surface area contributed by atoms with E-state index in [-0.39, 0.29) is 28.6 Å². The normalized spacial score (nSPS) is 10.7. The lowest BCUT2D eigenvalue weighted by atomic mass is 10.2. The third-order valence-electron chi connectivity index (χ3n) is 1.45. The molecule has 0 aliphatic carbocycles. The first-order valence-corrected chi connectivity index (χ1v) is 4.12. The molecule has 0 aromatic carbocycles. The number of halogens is 5. The maximum absolute atomic E-state index is 12.1. The van der Waals surface area contributed by atoms with Crippen LogP contribution >= 0.6 is 28.6 Å². The highest BCUT2D eigenvalue weighted by Crippen LogP contribution is 2.27. The number of pyridine rings is 1. The Labute approximate surface area is 99.2 Å². The molecule has 1 rings (SSSR count). The molecule has 7 heteroatoms. The second-order valence-electron chi connectivity index (χ2n) is 2.46. The average molecular weight is 304 g/mol. The summed E-state index contributed by atoms with van der Waals surface area (Å²) in [6, 6.07) is 3.11. The molecule has 0 N–H and O–H groups in total. The fraction of sp³-hybridized carbons (Fsp3) is 0.250. The molecule has 0 bridgehead atoms. The summed E-state index contributed by atoms with van der Waals surface area (Å²) >= 11 is 5.18. The Balaban J connectivity index is 0.00000196. The standard InChI is InChI=1S/C8H5ClF3NO.BrH/c9-4-6(14)5-2-1-3-7(13-5)8(10,11)12;/h1-3H,4H2;1H. The van der Waals surface area contributed by atoms with Gasteiger partial charge in [-0.05, 0) is 12.1 Å². The number of nitrogens with zero attached hydrogens (tertiary/aromatic N) is 1. The summed E-state index contributed by atoms with van der Waals surface area (Å²) in [5, 5.41) is 0. The van der Waals surface area contributed by atoms with E-state index in [9.17, 15) is 18.0 Å². The Morgan fingerprint density at radius 2 is 2.00 bits per heavy atom. The van der Waals surface area contributed by atoms with Gasteiger partial charge in [0.1, 0.15) is 11.4 Å². The zero-order chi connectivity index (χ0) is 10.8. The SMILES string of the molecule is Br.O=C(CCl)c1cccc(C(F)(F)F)n1. The summed E-state index contributed by atoms with van der Waals surface area (Å²) in [6.07, 6.45) is -4.54. The Bertz CT molecular complexity index is 356. The van der Waals surface area contributed by atoms with Crippen LogP contribution in [0.3, 0.4) is 0 Å².